The van der Waals surface area contributed by atoms with Crippen molar-refractivity contribution in [2.24, 2.45) is 0 Å². The van der Waals surface area contributed by atoms with Gasteiger partial charge in [-0.2, -0.15) is 5.10 Å². The normalized spacial score (nSPS) is 26.0. The molecule has 4 aliphatic rings. The van der Waals surface area contributed by atoms with Crippen LogP contribution >= 0.6 is 0 Å². The molecule has 0 saturated carbocycles. The minimum Gasteiger partial charge on any atom is -0.378 e. The zero-order chi connectivity index (χ0) is 22.8. The Balaban J connectivity index is 1.21. The van der Waals surface area contributed by atoms with Gasteiger partial charge in [-0.3, -0.25) is 4.90 Å². The van der Waals surface area contributed by atoms with Crippen LogP contribution in [0.25, 0.3) is 16.7 Å². The predicted molar refractivity (Wildman–Crippen MR) is 130 cm³/mol. The predicted octanol–water partition coefficient (Wildman–Crippen LogP) is 2.99. The number of hydrogen-bond acceptors (Lipinski definition) is 7. The number of aryl methyl sites for hydroxylation is 2. The summed E-state index contributed by atoms with van der Waals surface area (Å²) in [5.74, 6) is 3.20. The molecule has 4 saturated heterocycles. The van der Waals surface area contributed by atoms with Gasteiger partial charge in [0.15, 0.2) is 5.82 Å². The van der Waals surface area contributed by atoms with Gasteiger partial charge in [-0.15, -0.1) is 0 Å². The van der Waals surface area contributed by atoms with Crippen molar-refractivity contribution < 1.29 is 9.47 Å². The van der Waals surface area contributed by atoms with Crippen molar-refractivity contribution in [1.29, 1.82) is 0 Å². The van der Waals surface area contributed by atoms with Gasteiger partial charge in [0.2, 0.25) is 0 Å². The zero-order valence-corrected chi connectivity index (χ0v) is 20.0. The third-order valence-corrected chi connectivity index (χ3v) is 8.28. The Hall–Kier alpha value is -2.55. The maximum absolute atomic E-state index is 5.79. The van der Waals surface area contributed by atoms with Gasteiger partial charge in [-0.05, 0) is 75.4 Å². The molecule has 178 valence electrons. The first-order valence-electron chi connectivity index (χ1n) is 12.7. The Kier molecular flexibility index (Phi) is 4.89. The molecule has 2 bridgehead atoms. The average molecular weight is 461 g/mol. The number of nitrogens with zero attached hydrogens (tertiary/aromatic N) is 6. The molecule has 8 heteroatoms. The van der Waals surface area contributed by atoms with Crippen LogP contribution in [0.4, 0.5) is 5.82 Å². The number of morpholine rings is 1. The SMILES string of the molecule is Cc1nc(N2C[C@H]3C[C@@H]2CO3)cc(-n2ncc3cc(C)c(C4CCN(C5COC5)CC4)cc32)n1. The van der Waals surface area contributed by atoms with Gasteiger partial charge < -0.3 is 14.4 Å². The van der Waals surface area contributed by atoms with E-state index < -0.39 is 0 Å². The Morgan fingerprint density at radius 2 is 1.76 bits per heavy atom. The second-order valence-corrected chi connectivity index (χ2v) is 10.5. The maximum atomic E-state index is 5.79. The highest BCUT2D eigenvalue weighted by Gasteiger charge is 2.40. The van der Waals surface area contributed by atoms with Gasteiger partial charge in [0, 0.05) is 18.0 Å². The number of rotatable bonds is 4. The molecule has 0 N–H and O–H groups in total. The van der Waals surface area contributed by atoms with Gasteiger partial charge in [0.1, 0.15) is 11.6 Å². The van der Waals surface area contributed by atoms with Gasteiger partial charge in [-0.25, -0.2) is 14.6 Å². The van der Waals surface area contributed by atoms with E-state index in [9.17, 15) is 0 Å². The summed E-state index contributed by atoms with van der Waals surface area (Å²) < 4.78 is 13.2. The summed E-state index contributed by atoms with van der Waals surface area (Å²) in [6, 6.07) is 7.82. The molecule has 0 aliphatic carbocycles. The molecule has 4 aliphatic heterocycles. The summed E-state index contributed by atoms with van der Waals surface area (Å²) in [6.45, 7) is 10.0. The topological polar surface area (TPSA) is 68.5 Å². The van der Waals surface area contributed by atoms with Gasteiger partial charge in [-0.1, -0.05) is 0 Å². The van der Waals surface area contributed by atoms with E-state index in [-0.39, 0.29) is 0 Å². The average Bonchev–Trinajstić information content (AvgIpc) is 3.53. The quantitative estimate of drug-likeness (QED) is 0.593. The zero-order valence-electron chi connectivity index (χ0n) is 20.0. The molecule has 1 aromatic carbocycles. The molecule has 7 rings (SSSR count). The first-order valence-corrected chi connectivity index (χ1v) is 12.7. The number of anilines is 1. The maximum Gasteiger partial charge on any atom is 0.159 e. The number of piperidine rings is 1. The lowest BCUT2D eigenvalue weighted by Crippen LogP contribution is -2.51. The Bertz CT molecular complexity index is 1230. The summed E-state index contributed by atoms with van der Waals surface area (Å²) in [4.78, 5) is 14.5. The third-order valence-electron chi connectivity index (χ3n) is 8.28. The van der Waals surface area contributed by atoms with Crippen LogP contribution in [-0.4, -0.2) is 82.3 Å². The van der Waals surface area contributed by atoms with Crippen molar-refractivity contribution in [2.75, 3.05) is 44.4 Å². The minimum atomic E-state index is 0.336. The van der Waals surface area contributed by atoms with Crippen molar-refractivity contribution in [1.82, 2.24) is 24.6 Å². The summed E-state index contributed by atoms with van der Waals surface area (Å²) in [7, 11) is 0. The smallest absolute Gasteiger partial charge is 0.159 e. The molecule has 8 nitrogen and oxygen atoms in total. The molecule has 0 radical (unpaired) electrons. The van der Waals surface area contributed by atoms with Crippen LogP contribution in [0.5, 0.6) is 0 Å². The molecule has 34 heavy (non-hydrogen) atoms. The second-order valence-electron chi connectivity index (χ2n) is 10.5. The van der Waals surface area contributed by atoms with Gasteiger partial charge in [0.25, 0.3) is 0 Å². The molecular formula is C26H32N6O2. The first kappa shape index (κ1) is 20.8. The number of benzene rings is 1. The van der Waals surface area contributed by atoms with E-state index in [1.54, 1.807) is 0 Å². The monoisotopic (exact) mass is 460 g/mol. The van der Waals surface area contributed by atoms with Crippen LogP contribution in [0.2, 0.25) is 0 Å². The van der Waals surface area contributed by atoms with E-state index in [1.807, 2.05) is 17.8 Å². The van der Waals surface area contributed by atoms with E-state index in [4.69, 9.17) is 24.5 Å². The van der Waals surface area contributed by atoms with Crippen molar-refractivity contribution in [2.45, 2.75) is 57.2 Å². The second kappa shape index (κ2) is 8.00. The van der Waals surface area contributed by atoms with Crippen LogP contribution in [0.1, 0.15) is 42.1 Å². The lowest BCUT2D eigenvalue weighted by Gasteiger charge is -2.41. The van der Waals surface area contributed by atoms with Crippen LogP contribution in [0, 0.1) is 13.8 Å². The molecular weight excluding hydrogens is 428 g/mol. The first-order chi connectivity index (χ1) is 16.6. The Labute approximate surface area is 199 Å². The van der Waals surface area contributed by atoms with Crippen LogP contribution in [-0.2, 0) is 9.47 Å². The Morgan fingerprint density at radius 1 is 0.941 bits per heavy atom. The lowest BCUT2D eigenvalue weighted by atomic mass is 9.85. The van der Waals surface area contributed by atoms with E-state index in [1.165, 1.54) is 24.0 Å². The number of ether oxygens (including phenoxy) is 2. The van der Waals surface area contributed by atoms with Gasteiger partial charge in [0.05, 0.1) is 49.7 Å². The van der Waals surface area contributed by atoms with Crippen molar-refractivity contribution in [3.05, 3.63) is 41.3 Å². The number of hydrogen-bond donors (Lipinski definition) is 0. The summed E-state index contributed by atoms with van der Waals surface area (Å²) in [5, 5.41) is 5.93. The van der Waals surface area contributed by atoms with Crippen molar-refractivity contribution >= 4 is 16.7 Å². The van der Waals surface area contributed by atoms with E-state index in [2.05, 4.69) is 34.9 Å². The van der Waals surface area contributed by atoms with Crippen LogP contribution in [0.15, 0.2) is 24.4 Å². The van der Waals surface area contributed by atoms with E-state index in [0.717, 1.165) is 74.2 Å². The summed E-state index contributed by atoms with van der Waals surface area (Å²) in [6.07, 6.45) is 5.80. The highest BCUT2D eigenvalue weighted by molar-refractivity contribution is 5.82. The fraction of sp³-hybridized carbons (Fsp3) is 0.577. The molecule has 0 unspecified atom stereocenters. The van der Waals surface area contributed by atoms with E-state index >= 15 is 0 Å². The molecule has 0 spiro atoms. The molecule has 2 atom stereocenters. The standard InChI is InChI=1S/C26H32N6O2/c1-16-7-19-11-27-32(24(19)9-23(16)18-3-5-30(6-4-18)21-13-33-14-21)26-10-25(28-17(2)29-26)31-12-22-8-20(31)15-34-22/h7,9-11,18,20-22H,3-6,8,12-15H2,1-2H3/t20-,22-/m1/s1. The molecule has 4 fully saturated rings. The fourth-order valence-electron chi connectivity index (χ4n) is 6.31. The molecule has 2 aromatic heterocycles. The van der Waals surface area contributed by atoms with Crippen molar-refractivity contribution in [3.8, 4) is 5.82 Å². The largest absolute Gasteiger partial charge is 0.378 e. The molecule has 3 aromatic rings. The van der Waals surface area contributed by atoms with E-state index in [0.29, 0.717) is 24.1 Å². The Morgan fingerprint density at radius 3 is 2.47 bits per heavy atom. The summed E-state index contributed by atoms with van der Waals surface area (Å²) >= 11 is 0. The number of fused-ring (bicyclic) bond motifs is 3. The number of aromatic nitrogens is 4. The molecule has 0 amide bonds. The van der Waals surface area contributed by atoms with Gasteiger partial charge >= 0.3 is 0 Å². The fourth-order valence-corrected chi connectivity index (χ4v) is 6.31. The lowest BCUT2D eigenvalue weighted by molar-refractivity contribution is -0.0712. The van der Waals surface area contributed by atoms with Crippen LogP contribution in [0.3, 0.4) is 0 Å². The van der Waals surface area contributed by atoms with Crippen molar-refractivity contribution in [3.63, 3.8) is 0 Å². The highest BCUT2D eigenvalue weighted by atomic mass is 16.5. The van der Waals surface area contributed by atoms with Crippen LogP contribution < -0.4 is 4.90 Å². The number of likely N-dealkylation sites (tertiary alicyclic amines) is 1. The summed E-state index contributed by atoms with van der Waals surface area (Å²) in [5.41, 5.74) is 3.95. The molecule has 6 heterocycles. The third kappa shape index (κ3) is 3.42. The highest BCUT2D eigenvalue weighted by Crippen LogP contribution is 2.35. The minimum absolute atomic E-state index is 0.336.